The summed E-state index contributed by atoms with van der Waals surface area (Å²) >= 11 is 1.43. The minimum Gasteiger partial charge on any atom is -0.398 e. The van der Waals surface area contributed by atoms with Gasteiger partial charge in [-0.25, -0.2) is 0 Å². The molecule has 0 bridgehead atoms. The first-order valence-electron chi connectivity index (χ1n) is 7.03. The summed E-state index contributed by atoms with van der Waals surface area (Å²) in [6, 6.07) is 5.81. The molecule has 21 heavy (non-hydrogen) atoms. The van der Waals surface area contributed by atoms with Crippen molar-refractivity contribution in [2.24, 2.45) is 11.7 Å². The quantitative estimate of drug-likeness (QED) is 0.650. The van der Waals surface area contributed by atoms with Crippen molar-refractivity contribution in [1.29, 1.82) is 0 Å². The van der Waals surface area contributed by atoms with Crippen molar-refractivity contribution in [2.45, 2.75) is 24.7 Å². The average molecular weight is 307 g/mol. The second-order valence-electron chi connectivity index (χ2n) is 5.41. The monoisotopic (exact) mass is 307 g/mol. The molecule has 1 aliphatic rings. The minimum atomic E-state index is -0.317. The summed E-state index contributed by atoms with van der Waals surface area (Å²) in [5.41, 5.74) is 13.1. The van der Waals surface area contributed by atoms with Gasteiger partial charge in [-0.3, -0.25) is 9.59 Å². The highest BCUT2D eigenvalue weighted by molar-refractivity contribution is 8.00. The molecule has 1 aromatic carbocycles. The summed E-state index contributed by atoms with van der Waals surface area (Å²) in [6.45, 7) is 3.12. The number of primary amides is 1. The van der Waals surface area contributed by atoms with E-state index in [1.807, 2.05) is 25.1 Å². The van der Waals surface area contributed by atoms with E-state index >= 15 is 0 Å². The lowest BCUT2D eigenvalue weighted by Crippen LogP contribution is -2.44. The number of rotatable bonds is 4. The molecule has 0 saturated carbocycles. The summed E-state index contributed by atoms with van der Waals surface area (Å²) in [4.78, 5) is 26.1. The molecule has 0 spiro atoms. The summed E-state index contributed by atoms with van der Waals surface area (Å²) < 4.78 is 0. The second kappa shape index (κ2) is 6.85. The topological polar surface area (TPSA) is 89.4 Å². The van der Waals surface area contributed by atoms with Crippen LogP contribution in [0.3, 0.4) is 0 Å². The summed E-state index contributed by atoms with van der Waals surface area (Å²) in [5.74, 6) is -0.162. The van der Waals surface area contributed by atoms with Crippen LogP contribution in [0, 0.1) is 12.8 Å². The van der Waals surface area contributed by atoms with Crippen molar-refractivity contribution >= 4 is 29.3 Å². The molecule has 2 rings (SSSR count). The molecule has 1 fully saturated rings. The highest BCUT2D eigenvalue weighted by atomic mass is 32.2. The lowest BCUT2D eigenvalue weighted by molar-refractivity contribution is -0.132. The van der Waals surface area contributed by atoms with Gasteiger partial charge in [0.1, 0.15) is 0 Å². The number of piperidine rings is 1. The first kappa shape index (κ1) is 15.7. The van der Waals surface area contributed by atoms with Crippen molar-refractivity contribution in [3.8, 4) is 0 Å². The normalized spacial score (nSPS) is 18.5. The molecule has 1 aliphatic heterocycles. The maximum absolute atomic E-state index is 12.2. The Labute approximate surface area is 129 Å². The number of anilines is 1. The van der Waals surface area contributed by atoms with Crippen LogP contribution in [0.2, 0.25) is 0 Å². The van der Waals surface area contributed by atoms with Crippen LogP contribution in [0.15, 0.2) is 23.1 Å². The molecule has 1 heterocycles. The van der Waals surface area contributed by atoms with Gasteiger partial charge in [0, 0.05) is 23.7 Å². The van der Waals surface area contributed by atoms with E-state index in [9.17, 15) is 9.59 Å². The van der Waals surface area contributed by atoms with Crippen molar-refractivity contribution < 1.29 is 9.59 Å². The van der Waals surface area contributed by atoms with Gasteiger partial charge in [-0.1, -0.05) is 6.07 Å². The van der Waals surface area contributed by atoms with E-state index in [4.69, 9.17) is 11.5 Å². The molecule has 6 heteroatoms. The van der Waals surface area contributed by atoms with E-state index in [2.05, 4.69) is 0 Å². The van der Waals surface area contributed by atoms with Gasteiger partial charge >= 0.3 is 0 Å². The molecule has 2 amide bonds. The van der Waals surface area contributed by atoms with E-state index in [0.29, 0.717) is 24.5 Å². The predicted octanol–water partition coefficient (Wildman–Crippen LogP) is 1.39. The molecule has 1 aromatic rings. The fourth-order valence-corrected chi connectivity index (χ4v) is 3.32. The molecule has 0 radical (unpaired) electrons. The van der Waals surface area contributed by atoms with Crippen LogP contribution in [0.1, 0.15) is 18.4 Å². The zero-order valence-corrected chi connectivity index (χ0v) is 13.0. The van der Waals surface area contributed by atoms with E-state index in [1.165, 1.54) is 11.8 Å². The molecule has 1 atom stereocenters. The largest absolute Gasteiger partial charge is 0.398 e. The van der Waals surface area contributed by atoms with Gasteiger partial charge < -0.3 is 16.4 Å². The van der Waals surface area contributed by atoms with Gasteiger partial charge in [-0.05, 0) is 37.5 Å². The predicted molar refractivity (Wildman–Crippen MR) is 84.8 cm³/mol. The molecule has 0 aliphatic carbocycles. The highest BCUT2D eigenvalue weighted by Crippen LogP contribution is 2.26. The van der Waals surface area contributed by atoms with Crippen molar-refractivity contribution in [2.75, 3.05) is 24.6 Å². The number of amides is 2. The Balaban J connectivity index is 1.90. The van der Waals surface area contributed by atoms with Gasteiger partial charge in [-0.15, -0.1) is 11.8 Å². The van der Waals surface area contributed by atoms with Crippen molar-refractivity contribution in [3.63, 3.8) is 0 Å². The van der Waals surface area contributed by atoms with Gasteiger partial charge in [0.15, 0.2) is 0 Å². The number of carbonyl (C=O) groups excluding carboxylic acids is 2. The van der Waals surface area contributed by atoms with Gasteiger partial charge in [0.05, 0.1) is 11.7 Å². The van der Waals surface area contributed by atoms with Gasteiger partial charge in [0.2, 0.25) is 11.8 Å². The molecule has 5 nitrogen and oxygen atoms in total. The molecule has 1 saturated heterocycles. The van der Waals surface area contributed by atoms with Crippen molar-refractivity contribution in [1.82, 2.24) is 4.90 Å². The third-order valence-corrected chi connectivity index (χ3v) is 4.77. The number of thioether (sulfide) groups is 1. The van der Waals surface area contributed by atoms with Crippen LogP contribution in [0.4, 0.5) is 5.69 Å². The Bertz CT molecular complexity index is 548. The number of hydrogen-bond donors (Lipinski definition) is 2. The van der Waals surface area contributed by atoms with Crippen LogP contribution in [0.25, 0.3) is 0 Å². The molecular formula is C15H21N3O2S. The SMILES string of the molecule is Cc1ccc(SCC(=O)N2CCCC(C(N)=O)C2)c(N)c1. The number of nitrogen functional groups attached to an aromatic ring is 1. The van der Waals surface area contributed by atoms with Crippen molar-refractivity contribution in [3.05, 3.63) is 23.8 Å². The third kappa shape index (κ3) is 4.14. The zero-order valence-electron chi connectivity index (χ0n) is 12.2. The molecular weight excluding hydrogens is 286 g/mol. The van der Waals surface area contributed by atoms with E-state index < -0.39 is 0 Å². The Morgan fingerprint density at radius 3 is 2.86 bits per heavy atom. The van der Waals surface area contributed by atoms with E-state index in [1.54, 1.807) is 4.90 Å². The number of aryl methyl sites for hydroxylation is 1. The first-order chi connectivity index (χ1) is 9.97. The smallest absolute Gasteiger partial charge is 0.232 e. The summed E-state index contributed by atoms with van der Waals surface area (Å²) in [7, 11) is 0. The van der Waals surface area contributed by atoms with Gasteiger partial charge in [0.25, 0.3) is 0 Å². The van der Waals surface area contributed by atoms with Gasteiger partial charge in [-0.2, -0.15) is 0 Å². The molecule has 1 unspecified atom stereocenters. The second-order valence-corrected chi connectivity index (χ2v) is 6.43. The molecule has 114 valence electrons. The molecule has 0 aromatic heterocycles. The fraction of sp³-hybridized carbons (Fsp3) is 0.467. The third-order valence-electron chi connectivity index (χ3n) is 3.69. The standard InChI is InChI=1S/C15H21N3O2S/c1-10-4-5-13(12(16)7-10)21-9-14(19)18-6-2-3-11(8-18)15(17)20/h4-5,7,11H,2-3,6,8-9,16H2,1H3,(H2,17,20). The number of likely N-dealkylation sites (tertiary alicyclic amines) is 1. The Morgan fingerprint density at radius 2 is 2.19 bits per heavy atom. The average Bonchev–Trinajstić information content (AvgIpc) is 2.46. The number of nitrogens with zero attached hydrogens (tertiary/aromatic N) is 1. The molecule has 4 N–H and O–H groups in total. The Hall–Kier alpha value is -1.69. The Morgan fingerprint density at radius 1 is 1.43 bits per heavy atom. The number of carbonyl (C=O) groups is 2. The zero-order chi connectivity index (χ0) is 15.4. The summed E-state index contributed by atoms with van der Waals surface area (Å²) in [6.07, 6.45) is 1.61. The number of nitrogens with two attached hydrogens (primary N) is 2. The lowest BCUT2D eigenvalue weighted by Gasteiger charge is -2.31. The first-order valence-corrected chi connectivity index (χ1v) is 8.02. The summed E-state index contributed by atoms with van der Waals surface area (Å²) in [5, 5.41) is 0. The fourth-order valence-electron chi connectivity index (χ4n) is 2.47. The Kier molecular flexibility index (Phi) is 5.12. The number of benzene rings is 1. The van der Waals surface area contributed by atoms with Crippen LogP contribution in [-0.2, 0) is 9.59 Å². The maximum Gasteiger partial charge on any atom is 0.232 e. The van der Waals surface area contributed by atoms with Crippen LogP contribution >= 0.6 is 11.8 Å². The van der Waals surface area contributed by atoms with Crippen LogP contribution < -0.4 is 11.5 Å². The van der Waals surface area contributed by atoms with E-state index in [-0.39, 0.29) is 17.7 Å². The van der Waals surface area contributed by atoms with Crippen LogP contribution in [-0.4, -0.2) is 35.6 Å². The van der Waals surface area contributed by atoms with E-state index in [0.717, 1.165) is 23.3 Å². The maximum atomic E-state index is 12.2. The minimum absolute atomic E-state index is 0.0333. The van der Waals surface area contributed by atoms with Crippen LogP contribution in [0.5, 0.6) is 0 Å². The lowest BCUT2D eigenvalue weighted by atomic mass is 9.97. The highest BCUT2D eigenvalue weighted by Gasteiger charge is 2.26. The number of hydrogen-bond acceptors (Lipinski definition) is 4.